The lowest BCUT2D eigenvalue weighted by Crippen LogP contribution is -2.72. The molecule has 86 valence electrons. The zero-order valence-corrected chi connectivity index (χ0v) is 9.41. The third-order valence-electron chi connectivity index (χ3n) is 4.77. The molecule has 1 spiro atoms. The normalized spacial score (nSPS) is 43.2. The molecule has 0 aromatic heterocycles. The Morgan fingerprint density at radius 3 is 2.93 bits per heavy atom. The maximum atomic E-state index is 9.11. The number of nitrogens with one attached hydrogen (secondary N) is 1. The van der Waals surface area contributed by atoms with Gasteiger partial charge in [0.2, 0.25) is 0 Å². The van der Waals surface area contributed by atoms with E-state index in [1.54, 1.807) is 0 Å². The van der Waals surface area contributed by atoms with E-state index in [1.807, 2.05) is 0 Å². The van der Waals surface area contributed by atoms with Gasteiger partial charge in [0, 0.05) is 30.0 Å². The summed E-state index contributed by atoms with van der Waals surface area (Å²) in [5, 5.41) is 12.7. The van der Waals surface area contributed by atoms with Crippen LogP contribution in [0.2, 0.25) is 0 Å². The summed E-state index contributed by atoms with van der Waals surface area (Å²) in [5.41, 5.74) is 0.449. The molecule has 1 aliphatic heterocycles. The van der Waals surface area contributed by atoms with Gasteiger partial charge in [-0.05, 0) is 26.2 Å². The van der Waals surface area contributed by atoms with Crippen LogP contribution in [0.5, 0.6) is 0 Å². The molecule has 2 aliphatic carbocycles. The van der Waals surface area contributed by atoms with Crippen LogP contribution in [0, 0.1) is 11.3 Å². The maximum Gasteiger partial charge on any atom is 0.0690 e. The number of hydrogen-bond donors (Lipinski definition) is 2. The van der Waals surface area contributed by atoms with Crippen LogP contribution in [0.3, 0.4) is 0 Å². The fourth-order valence-electron chi connectivity index (χ4n) is 3.85. The second-order valence-electron chi connectivity index (χ2n) is 5.56. The van der Waals surface area contributed by atoms with Gasteiger partial charge in [-0.1, -0.05) is 6.42 Å². The summed E-state index contributed by atoms with van der Waals surface area (Å²) in [5.74, 6) is 0.722. The van der Waals surface area contributed by atoms with Crippen molar-refractivity contribution in [2.75, 3.05) is 13.2 Å². The molecule has 3 fully saturated rings. The number of rotatable bonds is 3. The highest BCUT2D eigenvalue weighted by Gasteiger charge is 2.66. The third-order valence-corrected chi connectivity index (χ3v) is 4.77. The van der Waals surface area contributed by atoms with Crippen molar-refractivity contribution in [1.82, 2.24) is 5.32 Å². The van der Waals surface area contributed by atoms with E-state index < -0.39 is 0 Å². The molecule has 1 heterocycles. The topological polar surface area (TPSA) is 41.5 Å². The lowest BCUT2D eigenvalue weighted by molar-refractivity contribution is -0.178. The van der Waals surface area contributed by atoms with E-state index in [2.05, 4.69) is 12.2 Å². The van der Waals surface area contributed by atoms with Crippen LogP contribution < -0.4 is 5.32 Å². The first kappa shape index (κ1) is 10.1. The van der Waals surface area contributed by atoms with Crippen LogP contribution in [0.15, 0.2) is 0 Å². The molecule has 0 bridgehead atoms. The Morgan fingerprint density at radius 1 is 1.53 bits per heavy atom. The summed E-state index contributed by atoms with van der Waals surface area (Å²) in [6, 6.07) is 0.843. The summed E-state index contributed by atoms with van der Waals surface area (Å²) in [7, 11) is 0. The van der Waals surface area contributed by atoms with Crippen molar-refractivity contribution in [1.29, 1.82) is 0 Å². The van der Waals surface area contributed by atoms with Gasteiger partial charge in [-0.2, -0.15) is 0 Å². The Bertz CT molecular complexity index is 252. The number of aliphatic hydroxyl groups excluding tert-OH is 1. The molecule has 2 saturated carbocycles. The van der Waals surface area contributed by atoms with Crippen LogP contribution in [-0.4, -0.2) is 36.5 Å². The lowest BCUT2D eigenvalue weighted by atomic mass is 9.46. The van der Waals surface area contributed by atoms with E-state index in [0.29, 0.717) is 17.6 Å². The molecule has 0 aromatic carbocycles. The Hall–Kier alpha value is -0.120. The highest BCUT2D eigenvalue weighted by atomic mass is 16.5. The molecule has 3 rings (SSSR count). The molecular formula is C12H21NO2. The van der Waals surface area contributed by atoms with Gasteiger partial charge in [0.05, 0.1) is 12.7 Å². The van der Waals surface area contributed by atoms with Crippen LogP contribution in [0.4, 0.5) is 0 Å². The first-order valence-corrected chi connectivity index (χ1v) is 6.26. The minimum atomic E-state index is 0.231. The minimum absolute atomic E-state index is 0.231. The first-order chi connectivity index (χ1) is 7.28. The molecule has 3 nitrogen and oxygen atoms in total. The number of ether oxygens (including phenoxy) is 1. The van der Waals surface area contributed by atoms with E-state index in [1.165, 1.54) is 25.7 Å². The van der Waals surface area contributed by atoms with E-state index in [9.17, 15) is 0 Å². The van der Waals surface area contributed by atoms with Crippen LogP contribution in [-0.2, 0) is 4.74 Å². The second kappa shape index (κ2) is 3.44. The van der Waals surface area contributed by atoms with Gasteiger partial charge < -0.3 is 15.2 Å². The zero-order chi connectivity index (χ0) is 10.5. The minimum Gasteiger partial charge on any atom is -0.395 e. The van der Waals surface area contributed by atoms with Gasteiger partial charge in [0.25, 0.3) is 0 Å². The van der Waals surface area contributed by atoms with Crippen molar-refractivity contribution in [2.45, 2.75) is 50.8 Å². The molecule has 3 aliphatic rings. The van der Waals surface area contributed by atoms with Gasteiger partial charge in [0.15, 0.2) is 0 Å². The predicted molar refractivity (Wildman–Crippen MR) is 57.6 cm³/mol. The standard InChI is InChI=1S/C12H21NO2/c1-8(7-14)13-10-9-3-6-15-11(9)12(10)4-2-5-12/h8-11,13-14H,2-7H2,1H3/t8-,9?,10?,11?/m1/s1. The maximum absolute atomic E-state index is 9.11. The Labute approximate surface area is 91.2 Å². The average Bonchev–Trinajstić information content (AvgIpc) is 2.57. The van der Waals surface area contributed by atoms with Crippen molar-refractivity contribution < 1.29 is 9.84 Å². The van der Waals surface area contributed by atoms with Crippen molar-refractivity contribution in [2.24, 2.45) is 11.3 Å². The van der Waals surface area contributed by atoms with Crippen LogP contribution in [0.25, 0.3) is 0 Å². The molecular weight excluding hydrogens is 190 g/mol. The quantitative estimate of drug-likeness (QED) is 0.729. The summed E-state index contributed by atoms with van der Waals surface area (Å²) in [6.07, 6.45) is 5.75. The fourth-order valence-corrected chi connectivity index (χ4v) is 3.85. The molecule has 2 N–H and O–H groups in total. The van der Waals surface area contributed by atoms with Gasteiger partial charge in [0.1, 0.15) is 0 Å². The average molecular weight is 211 g/mol. The molecule has 3 unspecified atom stereocenters. The molecule has 15 heavy (non-hydrogen) atoms. The van der Waals surface area contributed by atoms with Crippen molar-refractivity contribution >= 4 is 0 Å². The van der Waals surface area contributed by atoms with Gasteiger partial charge in [-0.3, -0.25) is 0 Å². The first-order valence-electron chi connectivity index (χ1n) is 6.26. The Balaban J connectivity index is 1.70. The monoisotopic (exact) mass is 211 g/mol. The Kier molecular flexibility index (Phi) is 2.31. The molecule has 1 saturated heterocycles. The number of fused-ring (bicyclic) bond motifs is 2. The number of aliphatic hydroxyl groups is 1. The van der Waals surface area contributed by atoms with Crippen molar-refractivity contribution in [3.8, 4) is 0 Å². The SMILES string of the molecule is C[C@H](CO)NC1C2CCOC2C12CCC2. The predicted octanol–water partition coefficient (Wildman–Crippen LogP) is 0.914. The highest BCUT2D eigenvalue weighted by molar-refractivity contribution is 5.18. The summed E-state index contributed by atoms with van der Waals surface area (Å²) in [4.78, 5) is 0. The van der Waals surface area contributed by atoms with E-state index in [0.717, 1.165) is 12.5 Å². The van der Waals surface area contributed by atoms with Crippen molar-refractivity contribution in [3.63, 3.8) is 0 Å². The summed E-state index contributed by atoms with van der Waals surface area (Å²) in [6.45, 7) is 3.25. The van der Waals surface area contributed by atoms with Gasteiger partial charge in [-0.15, -0.1) is 0 Å². The Morgan fingerprint density at radius 2 is 2.33 bits per heavy atom. The van der Waals surface area contributed by atoms with Gasteiger partial charge >= 0.3 is 0 Å². The van der Waals surface area contributed by atoms with Crippen LogP contribution in [0.1, 0.15) is 32.6 Å². The molecule has 4 atom stereocenters. The largest absolute Gasteiger partial charge is 0.395 e. The van der Waals surface area contributed by atoms with Crippen LogP contribution >= 0.6 is 0 Å². The summed E-state index contributed by atoms with van der Waals surface area (Å²) >= 11 is 0. The smallest absolute Gasteiger partial charge is 0.0690 e. The fraction of sp³-hybridized carbons (Fsp3) is 1.00. The van der Waals surface area contributed by atoms with Gasteiger partial charge in [-0.25, -0.2) is 0 Å². The second-order valence-corrected chi connectivity index (χ2v) is 5.56. The summed E-state index contributed by atoms with van der Waals surface area (Å²) < 4.78 is 5.85. The van der Waals surface area contributed by atoms with E-state index >= 15 is 0 Å². The molecule has 0 aromatic rings. The third kappa shape index (κ3) is 1.23. The van der Waals surface area contributed by atoms with Crippen molar-refractivity contribution in [3.05, 3.63) is 0 Å². The number of hydrogen-bond acceptors (Lipinski definition) is 3. The molecule has 0 radical (unpaired) electrons. The zero-order valence-electron chi connectivity index (χ0n) is 9.41. The van der Waals surface area contributed by atoms with E-state index in [-0.39, 0.29) is 12.6 Å². The molecule has 3 heteroatoms. The van der Waals surface area contributed by atoms with E-state index in [4.69, 9.17) is 9.84 Å². The lowest BCUT2D eigenvalue weighted by Gasteiger charge is -2.64. The highest BCUT2D eigenvalue weighted by Crippen LogP contribution is 2.62. The molecule has 0 amide bonds.